The number of carbonyl (C=O) groups is 3. The molecule has 0 aliphatic rings. The Morgan fingerprint density at radius 1 is 0.338 bits per heavy atom. The van der Waals surface area contributed by atoms with Gasteiger partial charge in [0, 0.05) is 19.3 Å². The van der Waals surface area contributed by atoms with Gasteiger partial charge in [-0.25, -0.2) is 0 Å². The number of allylic oxidation sites excluding steroid dienone is 16. The number of rotatable bonds is 47. The summed E-state index contributed by atoms with van der Waals surface area (Å²) in [6.45, 7) is 6.35. The van der Waals surface area contributed by atoms with Gasteiger partial charge in [-0.3, -0.25) is 14.4 Å². The Labute approximate surface area is 400 Å². The van der Waals surface area contributed by atoms with Crippen molar-refractivity contribution in [3.8, 4) is 0 Å². The lowest BCUT2D eigenvalue weighted by atomic mass is 10.1. The molecule has 6 heteroatoms. The molecular formula is C59H98O6. The summed E-state index contributed by atoms with van der Waals surface area (Å²) in [5, 5.41) is 0. The summed E-state index contributed by atoms with van der Waals surface area (Å²) >= 11 is 0. The molecule has 0 amide bonds. The van der Waals surface area contributed by atoms with E-state index in [-0.39, 0.29) is 31.1 Å². The molecule has 0 aliphatic carbocycles. The predicted octanol–water partition coefficient (Wildman–Crippen LogP) is 17.8. The quantitative estimate of drug-likeness (QED) is 0.0199. The second-order valence-electron chi connectivity index (χ2n) is 17.4. The van der Waals surface area contributed by atoms with Crippen molar-refractivity contribution in [3.05, 3.63) is 97.2 Å². The van der Waals surface area contributed by atoms with Gasteiger partial charge in [0.2, 0.25) is 0 Å². The van der Waals surface area contributed by atoms with Crippen molar-refractivity contribution in [1.82, 2.24) is 0 Å². The van der Waals surface area contributed by atoms with E-state index in [0.717, 1.165) is 128 Å². The Morgan fingerprint density at radius 2 is 0.677 bits per heavy atom. The fourth-order valence-electron chi connectivity index (χ4n) is 7.13. The highest BCUT2D eigenvalue weighted by Gasteiger charge is 2.19. The number of unbranched alkanes of at least 4 members (excludes halogenated alkanes) is 22. The minimum absolute atomic E-state index is 0.0956. The first-order chi connectivity index (χ1) is 32.0. The largest absolute Gasteiger partial charge is 0.462 e. The number of hydrogen-bond donors (Lipinski definition) is 0. The Bertz CT molecular complexity index is 1310. The Hall–Kier alpha value is -3.67. The molecule has 0 aliphatic heterocycles. The molecule has 0 heterocycles. The number of ether oxygens (including phenoxy) is 3. The molecule has 1 unspecified atom stereocenters. The van der Waals surface area contributed by atoms with Crippen molar-refractivity contribution < 1.29 is 28.6 Å². The lowest BCUT2D eigenvalue weighted by Crippen LogP contribution is -2.30. The molecule has 6 nitrogen and oxygen atoms in total. The van der Waals surface area contributed by atoms with Crippen LogP contribution in [0.2, 0.25) is 0 Å². The number of esters is 3. The molecule has 0 rings (SSSR count). The van der Waals surface area contributed by atoms with Gasteiger partial charge in [0.05, 0.1) is 0 Å². The molecular weight excluding hydrogens is 805 g/mol. The summed E-state index contributed by atoms with van der Waals surface area (Å²) in [6, 6.07) is 0. The summed E-state index contributed by atoms with van der Waals surface area (Å²) < 4.78 is 16.8. The predicted molar refractivity (Wildman–Crippen MR) is 279 cm³/mol. The average molecular weight is 903 g/mol. The van der Waals surface area contributed by atoms with Crippen LogP contribution in [0, 0.1) is 0 Å². The van der Waals surface area contributed by atoms with Crippen LogP contribution in [0.15, 0.2) is 97.2 Å². The topological polar surface area (TPSA) is 78.9 Å². The zero-order chi connectivity index (χ0) is 47.2. The standard InChI is InChI=1S/C59H98O6/c1-4-7-10-13-16-19-22-25-27-28-29-30-32-34-37-40-43-46-49-52-58(61)64-55-56(54-63-57(60)51-48-45-42-39-36-33-24-21-18-15-12-9-6-3)65-59(62)53-50-47-44-41-38-35-31-26-23-20-17-14-11-8-5-2/h7-8,10-11,14,16-17,19-20,23,25,27,29-30,33,36,56H,4-6,9,12-13,15,18,21-22,24,26,28,31-32,34-35,37-55H2,1-3H3/b10-7-,11-8-,17-14-,19-16-,23-20-,27-25-,30-29-,36-33-. The van der Waals surface area contributed by atoms with E-state index in [2.05, 4.69) is 118 Å². The van der Waals surface area contributed by atoms with E-state index in [1.54, 1.807) is 0 Å². The second-order valence-corrected chi connectivity index (χ2v) is 17.4. The molecule has 0 N–H and O–H groups in total. The third-order valence-corrected chi connectivity index (χ3v) is 11.1. The van der Waals surface area contributed by atoms with E-state index in [9.17, 15) is 14.4 Å². The van der Waals surface area contributed by atoms with E-state index in [1.807, 2.05) is 0 Å². The van der Waals surface area contributed by atoms with Gasteiger partial charge in [-0.15, -0.1) is 0 Å². The van der Waals surface area contributed by atoms with Gasteiger partial charge in [0.25, 0.3) is 0 Å². The number of carbonyl (C=O) groups excluding carboxylic acids is 3. The zero-order valence-corrected chi connectivity index (χ0v) is 42.2. The summed E-state index contributed by atoms with van der Waals surface area (Å²) in [5.41, 5.74) is 0. The maximum atomic E-state index is 12.8. The van der Waals surface area contributed by atoms with Crippen molar-refractivity contribution in [1.29, 1.82) is 0 Å². The van der Waals surface area contributed by atoms with E-state index in [4.69, 9.17) is 14.2 Å². The highest BCUT2D eigenvalue weighted by molar-refractivity contribution is 5.71. The third-order valence-electron chi connectivity index (χ3n) is 11.1. The van der Waals surface area contributed by atoms with E-state index < -0.39 is 6.10 Å². The highest BCUT2D eigenvalue weighted by atomic mass is 16.6. The molecule has 65 heavy (non-hydrogen) atoms. The molecule has 0 aromatic heterocycles. The van der Waals surface area contributed by atoms with Crippen LogP contribution in [-0.2, 0) is 28.6 Å². The SMILES string of the molecule is CC\C=C/C=C\C=C/CCCCCCCCCC(=O)OC(COC(=O)CCCCC/C=C\CCCCCCCC)COC(=O)CCCCCCCC/C=C\C/C=C\C/C=C\C/C=C\CC. The van der Waals surface area contributed by atoms with E-state index in [0.29, 0.717) is 19.3 Å². The van der Waals surface area contributed by atoms with Crippen LogP contribution in [0.5, 0.6) is 0 Å². The van der Waals surface area contributed by atoms with Gasteiger partial charge in [-0.05, 0) is 103 Å². The first-order valence-corrected chi connectivity index (χ1v) is 26.8. The first-order valence-electron chi connectivity index (χ1n) is 26.8. The molecule has 0 aromatic rings. The van der Waals surface area contributed by atoms with E-state index in [1.165, 1.54) is 70.6 Å². The van der Waals surface area contributed by atoms with Crippen LogP contribution in [0.4, 0.5) is 0 Å². The van der Waals surface area contributed by atoms with Crippen molar-refractivity contribution in [3.63, 3.8) is 0 Å². The number of hydrogen-bond acceptors (Lipinski definition) is 6. The molecule has 1 atom stereocenters. The van der Waals surface area contributed by atoms with Crippen LogP contribution < -0.4 is 0 Å². The Kier molecular flexibility index (Phi) is 50.0. The van der Waals surface area contributed by atoms with Crippen LogP contribution >= 0.6 is 0 Å². The molecule has 0 fully saturated rings. The minimum Gasteiger partial charge on any atom is -0.462 e. The average Bonchev–Trinajstić information content (AvgIpc) is 3.30. The molecule has 0 saturated carbocycles. The monoisotopic (exact) mass is 903 g/mol. The molecule has 0 radical (unpaired) electrons. The van der Waals surface area contributed by atoms with Crippen LogP contribution in [-0.4, -0.2) is 37.2 Å². The second kappa shape index (κ2) is 52.9. The van der Waals surface area contributed by atoms with Crippen LogP contribution in [0.25, 0.3) is 0 Å². The van der Waals surface area contributed by atoms with Crippen LogP contribution in [0.3, 0.4) is 0 Å². The van der Waals surface area contributed by atoms with E-state index >= 15 is 0 Å². The fraction of sp³-hybridized carbons (Fsp3) is 0.678. The lowest BCUT2D eigenvalue weighted by molar-refractivity contribution is -0.167. The molecule has 0 saturated heterocycles. The minimum atomic E-state index is -0.797. The lowest BCUT2D eigenvalue weighted by Gasteiger charge is -2.18. The van der Waals surface area contributed by atoms with Crippen LogP contribution in [0.1, 0.15) is 239 Å². The van der Waals surface area contributed by atoms with Gasteiger partial charge in [-0.1, -0.05) is 214 Å². The van der Waals surface area contributed by atoms with Gasteiger partial charge < -0.3 is 14.2 Å². The smallest absolute Gasteiger partial charge is 0.306 e. The third kappa shape index (κ3) is 51.2. The summed E-state index contributed by atoms with van der Waals surface area (Å²) in [7, 11) is 0. The summed E-state index contributed by atoms with van der Waals surface area (Å²) in [6.07, 6.45) is 69.6. The van der Waals surface area contributed by atoms with Gasteiger partial charge in [0.15, 0.2) is 6.10 Å². The molecule has 370 valence electrons. The summed E-state index contributed by atoms with van der Waals surface area (Å²) in [5.74, 6) is -0.938. The zero-order valence-electron chi connectivity index (χ0n) is 42.2. The molecule has 0 bridgehead atoms. The first kappa shape index (κ1) is 61.3. The highest BCUT2D eigenvalue weighted by Crippen LogP contribution is 2.14. The van der Waals surface area contributed by atoms with Crippen molar-refractivity contribution in [2.75, 3.05) is 13.2 Å². The normalized spacial score (nSPS) is 12.8. The fourth-order valence-corrected chi connectivity index (χ4v) is 7.13. The van der Waals surface area contributed by atoms with Crippen molar-refractivity contribution in [2.24, 2.45) is 0 Å². The van der Waals surface area contributed by atoms with Gasteiger partial charge in [-0.2, -0.15) is 0 Å². The maximum absolute atomic E-state index is 12.8. The van der Waals surface area contributed by atoms with Crippen molar-refractivity contribution in [2.45, 2.75) is 245 Å². The molecule has 0 aromatic carbocycles. The molecule has 0 spiro atoms. The summed E-state index contributed by atoms with van der Waals surface area (Å²) in [4.78, 5) is 38.0. The maximum Gasteiger partial charge on any atom is 0.306 e. The van der Waals surface area contributed by atoms with Gasteiger partial charge >= 0.3 is 17.9 Å². The van der Waals surface area contributed by atoms with Gasteiger partial charge in [0.1, 0.15) is 13.2 Å². The van der Waals surface area contributed by atoms with Crippen molar-refractivity contribution >= 4 is 17.9 Å². The Morgan fingerprint density at radius 3 is 1.14 bits per heavy atom. The Balaban J connectivity index is 4.44.